The highest BCUT2D eigenvalue weighted by molar-refractivity contribution is 6.08. The van der Waals surface area contributed by atoms with Gasteiger partial charge in [0.2, 0.25) is 0 Å². The Hall–Kier alpha value is -3.60. The lowest BCUT2D eigenvalue weighted by atomic mass is 9.89. The molecule has 0 spiro atoms. The molecule has 5 heteroatoms. The topological polar surface area (TPSA) is 88.8 Å². The van der Waals surface area contributed by atoms with Crippen molar-refractivity contribution in [1.82, 2.24) is 0 Å². The molecule has 0 saturated heterocycles. The van der Waals surface area contributed by atoms with E-state index >= 15 is 0 Å². The van der Waals surface area contributed by atoms with Crippen LogP contribution in [0.15, 0.2) is 57.9 Å². The summed E-state index contributed by atoms with van der Waals surface area (Å²) in [4.78, 5) is 16.5. The van der Waals surface area contributed by atoms with Gasteiger partial charge >= 0.3 is 5.97 Å². The van der Waals surface area contributed by atoms with Gasteiger partial charge in [0.25, 0.3) is 0 Å². The fourth-order valence-corrected chi connectivity index (χ4v) is 3.72. The Bertz CT molecular complexity index is 1300. The molecule has 1 aliphatic heterocycles. The van der Waals surface area contributed by atoms with Crippen LogP contribution in [0.25, 0.3) is 33.4 Å². The first kappa shape index (κ1) is 18.7. The van der Waals surface area contributed by atoms with E-state index in [1.165, 1.54) is 0 Å². The van der Waals surface area contributed by atoms with Crippen LogP contribution < -0.4 is 11.1 Å². The molecule has 0 unspecified atom stereocenters. The van der Waals surface area contributed by atoms with E-state index in [-0.39, 0.29) is 5.56 Å². The van der Waals surface area contributed by atoms with Crippen molar-refractivity contribution in [3.8, 4) is 22.5 Å². The van der Waals surface area contributed by atoms with Crippen LogP contribution in [0.2, 0.25) is 0 Å². The number of carboxylic acid groups (broad SMARTS) is 1. The third-order valence-electron chi connectivity index (χ3n) is 5.18. The normalized spacial score (nSPS) is 12.0. The minimum Gasteiger partial charge on any atom is -0.478 e. The molecule has 146 valence electrons. The highest BCUT2D eigenvalue weighted by Gasteiger charge is 2.22. The van der Waals surface area contributed by atoms with Gasteiger partial charge in [-0.05, 0) is 55.7 Å². The number of carboxylic acids is 1. The lowest BCUT2D eigenvalue weighted by molar-refractivity contribution is 0.0697. The fraction of sp³-hybridized carbons (Fsp3) is 0.167. The number of hydrogen-bond donors (Lipinski definition) is 2. The summed E-state index contributed by atoms with van der Waals surface area (Å²) in [5.41, 5.74) is 11.9. The van der Waals surface area contributed by atoms with Gasteiger partial charge in [-0.1, -0.05) is 18.2 Å². The second kappa shape index (κ2) is 7.09. The van der Waals surface area contributed by atoms with E-state index in [1.54, 1.807) is 18.2 Å². The Morgan fingerprint density at radius 3 is 2.55 bits per heavy atom. The molecule has 4 rings (SSSR count). The highest BCUT2D eigenvalue weighted by Crippen LogP contribution is 2.42. The first-order valence-corrected chi connectivity index (χ1v) is 9.51. The van der Waals surface area contributed by atoms with Gasteiger partial charge in [0.15, 0.2) is 0 Å². The van der Waals surface area contributed by atoms with Crippen molar-refractivity contribution in [3.63, 3.8) is 0 Å². The number of nitrogens with two attached hydrogens (primary N) is 1. The van der Waals surface area contributed by atoms with Crippen LogP contribution in [0.1, 0.15) is 28.4 Å². The minimum absolute atomic E-state index is 0.246. The number of carbonyl (C=O) groups is 1. The number of aromatic carboxylic acids is 1. The molecule has 1 aliphatic carbocycles. The Morgan fingerprint density at radius 2 is 1.83 bits per heavy atom. The maximum absolute atomic E-state index is 11.9. The zero-order valence-electron chi connectivity index (χ0n) is 16.6. The Morgan fingerprint density at radius 1 is 1.07 bits per heavy atom. The van der Waals surface area contributed by atoms with Crippen LogP contribution in [0.5, 0.6) is 0 Å². The lowest BCUT2D eigenvalue weighted by Crippen LogP contribution is -2.09. The van der Waals surface area contributed by atoms with Crippen molar-refractivity contribution in [2.75, 3.05) is 12.3 Å². The Kier molecular flexibility index (Phi) is 4.59. The minimum atomic E-state index is -0.968. The number of hydrogen-bond acceptors (Lipinski definition) is 4. The second-order valence-corrected chi connectivity index (χ2v) is 7.14. The number of anilines is 1. The molecule has 3 N–H and O–H groups in total. The number of nitrogen functional groups attached to an aromatic ring is 1. The van der Waals surface area contributed by atoms with Crippen LogP contribution in [0, 0.1) is 13.8 Å². The highest BCUT2D eigenvalue weighted by atomic mass is 16.4. The quantitative estimate of drug-likeness (QED) is 0.382. The molecule has 0 aromatic heterocycles. The van der Waals surface area contributed by atoms with Crippen molar-refractivity contribution in [1.29, 1.82) is 0 Å². The van der Waals surface area contributed by atoms with E-state index in [4.69, 9.17) is 10.2 Å². The molecule has 2 aromatic carbocycles. The molecule has 2 aromatic rings. The molecule has 0 amide bonds. The molecule has 0 saturated carbocycles. The molecule has 0 bridgehead atoms. The lowest BCUT2D eigenvalue weighted by Gasteiger charge is -2.18. The fourth-order valence-electron chi connectivity index (χ4n) is 3.72. The average molecular weight is 386 g/mol. The van der Waals surface area contributed by atoms with Crippen LogP contribution in [-0.2, 0) is 0 Å². The summed E-state index contributed by atoms with van der Waals surface area (Å²) in [5.74, 6) is -0.321. The monoisotopic (exact) mass is 386 g/mol. The molecule has 0 atom stereocenters. The first-order valence-electron chi connectivity index (χ1n) is 9.51. The van der Waals surface area contributed by atoms with Gasteiger partial charge in [0.05, 0.1) is 10.9 Å². The summed E-state index contributed by atoms with van der Waals surface area (Å²) < 4.78 is 6.20. The van der Waals surface area contributed by atoms with E-state index in [1.807, 2.05) is 51.1 Å². The summed E-state index contributed by atoms with van der Waals surface area (Å²) in [6.45, 7) is 6.58. The number of fused-ring (bicyclic) bond motifs is 2. The van der Waals surface area contributed by atoms with E-state index in [2.05, 4.69) is 4.99 Å². The summed E-state index contributed by atoms with van der Waals surface area (Å²) in [5, 5.41) is 11.5. The summed E-state index contributed by atoms with van der Waals surface area (Å²) in [6, 6.07) is 14.7. The Balaban J connectivity index is 2.24. The third kappa shape index (κ3) is 3.14. The SMILES string of the molecule is CCN=c1cc2oc3cc(N)c(C)cc3c(-c3ccccc3C(=O)O)c-2cc1C. The molecule has 1 heterocycles. The predicted octanol–water partition coefficient (Wildman–Crippen LogP) is 5.02. The van der Waals surface area contributed by atoms with Gasteiger partial charge in [0, 0.05) is 40.9 Å². The number of aryl methyl sites for hydroxylation is 2. The van der Waals surface area contributed by atoms with Crippen molar-refractivity contribution in [3.05, 3.63) is 70.6 Å². The largest absolute Gasteiger partial charge is 0.478 e. The van der Waals surface area contributed by atoms with E-state index in [9.17, 15) is 9.90 Å². The van der Waals surface area contributed by atoms with E-state index in [0.717, 1.165) is 33.0 Å². The zero-order valence-corrected chi connectivity index (χ0v) is 16.6. The van der Waals surface area contributed by atoms with Gasteiger partial charge in [-0.2, -0.15) is 0 Å². The maximum Gasteiger partial charge on any atom is 0.336 e. The summed E-state index contributed by atoms with van der Waals surface area (Å²) >= 11 is 0. The molecule has 2 aliphatic rings. The maximum atomic E-state index is 11.9. The molecule has 0 radical (unpaired) electrons. The van der Waals surface area contributed by atoms with Gasteiger partial charge in [-0.3, -0.25) is 4.99 Å². The molecular formula is C24H22N2O3. The standard InChI is InChI=1S/C24H22N2O3/c1-4-26-20-12-22-18(10-14(20)3)23(15-7-5-6-8-16(15)24(27)28)17-9-13(2)19(25)11-21(17)29-22/h5-12H,4,25H2,1-3H3,(H,27,28). The summed E-state index contributed by atoms with van der Waals surface area (Å²) in [6.07, 6.45) is 0. The summed E-state index contributed by atoms with van der Waals surface area (Å²) in [7, 11) is 0. The van der Waals surface area contributed by atoms with Gasteiger partial charge < -0.3 is 15.3 Å². The first-order chi connectivity index (χ1) is 13.9. The van der Waals surface area contributed by atoms with Crippen LogP contribution >= 0.6 is 0 Å². The number of nitrogens with zero attached hydrogens (tertiary/aromatic N) is 1. The average Bonchev–Trinajstić information content (AvgIpc) is 2.69. The van der Waals surface area contributed by atoms with Crippen molar-refractivity contribution >= 4 is 22.6 Å². The van der Waals surface area contributed by atoms with Crippen molar-refractivity contribution in [2.45, 2.75) is 20.8 Å². The zero-order chi connectivity index (χ0) is 20.7. The predicted molar refractivity (Wildman–Crippen MR) is 115 cm³/mol. The van der Waals surface area contributed by atoms with E-state index in [0.29, 0.717) is 29.1 Å². The third-order valence-corrected chi connectivity index (χ3v) is 5.18. The number of rotatable bonds is 3. The molecular weight excluding hydrogens is 364 g/mol. The van der Waals surface area contributed by atoms with Crippen molar-refractivity contribution < 1.29 is 14.3 Å². The molecule has 29 heavy (non-hydrogen) atoms. The van der Waals surface area contributed by atoms with Crippen molar-refractivity contribution in [2.24, 2.45) is 4.99 Å². The molecule has 5 nitrogen and oxygen atoms in total. The Labute approximate surface area is 168 Å². The molecule has 0 fully saturated rings. The van der Waals surface area contributed by atoms with Gasteiger partial charge in [-0.25, -0.2) is 4.79 Å². The van der Waals surface area contributed by atoms with Gasteiger partial charge in [0.1, 0.15) is 11.3 Å². The second-order valence-electron chi connectivity index (χ2n) is 7.14. The smallest absolute Gasteiger partial charge is 0.336 e. The van der Waals surface area contributed by atoms with E-state index < -0.39 is 5.97 Å². The van der Waals surface area contributed by atoms with Crippen LogP contribution in [0.3, 0.4) is 0 Å². The van der Waals surface area contributed by atoms with Crippen LogP contribution in [-0.4, -0.2) is 17.6 Å². The number of benzene rings is 3. The van der Waals surface area contributed by atoms with Gasteiger partial charge in [-0.15, -0.1) is 0 Å². The van der Waals surface area contributed by atoms with Crippen LogP contribution in [0.4, 0.5) is 5.69 Å².